The molecule has 0 spiro atoms. The van der Waals surface area contributed by atoms with E-state index in [1.165, 1.54) is 13.2 Å². The summed E-state index contributed by atoms with van der Waals surface area (Å²) in [7, 11) is 1.49. The van der Waals surface area contributed by atoms with Gasteiger partial charge in [-0.2, -0.15) is 5.10 Å². The van der Waals surface area contributed by atoms with Crippen molar-refractivity contribution in [2.24, 2.45) is 4.99 Å². The van der Waals surface area contributed by atoms with Gasteiger partial charge in [0, 0.05) is 24.9 Å². The number of nitrogens with one attached hydrogen (secondary N) is 3. The fraction of sp³-hybridized carbons (Fsp3) is 0.214. The number of aliphatic hydroxyl groups excluding tert-OH is 1. The molecule has 1 aliphatic heterocycles. The number of carbonyl (C=O) groups is 1. The lowest BCUT2D eigenvalue weighted by molar-refractivity contribution is 0.245. The normalized spacial score (nSPS) is 12.3. The molecule has 0 unspecified atom stereocenters. The number of amides is 2. The lowest BCUT2D eigenvalue weighted by Gasteiger charge is -2.12. The van der Waals surface area contributed by atoms with Crippen molar-refractivity contribution in [1.29, 1.82) is 0 Å². The second-order valence-corrected chi connectivity index (χ2v) is 8.93. The minimum atomic E-state index is -0.392. The SMILES string of the molecule is CCNC(=O)NC1=Nc2cc(-c3cc(Cc4n[nH]c(=O)c5cc(CO)cc(OC)c45)ccc3F)ccc2C1. The minimum Gasteiger partial charge on any atom is -0.496 e. The Labute approximate surface area is 217 Å². The third-order valence-corrected chi connectivity index (χ3v) is 6.40. The van der Waals surface area contributed by atoms with Crippen molar-refractivity contribution < 1.29 is 19.0 Å². The number of hydrogen-bond donors (Lipinski definition) is 4. The van der Waals surface area contributed by atoms with Crippen LogP contribution in [0.5, 0.6) is 5.75 Å². The number of aliphatic hydroxyl groups is 1. The summed E-state index contributed by atoms with van der Waals surface area (Å²) in [5.41, 5.74) is 4.15. The first-order valence-electron chi connectivity index (χ1n) is 12.1. The van der Waals surface area contributed by atoms with E-state index in [9.17, 15) is 19.1 Å². The van der Waals surface area contributed by atoms with Gasteiger partial charge in [0.05, 0.1) is 35.9 Å². The highest BCUT2D eigenvalue weighted by Gasteiger charge is 2.19. The Bertz CT molecular complexity index is 1650. The van der Waals surface area contributed by atoms with Crippen LogP contribution < -0.4 is 20.9 Å². The van der Waals surface area contributed by atoms with Gasteiger partial charge in [-0.25, -0.2) is 19.3 Å². The van der Waals surface area contributed by atoms with Gasteiger partial charge in [0.15, 0.2) is 0 Å². The third kappa shape index (κ3) is 4.85. The van der Waals surface area contributed by atoms with Gasteiger partial charge in [-0.1, -0.05) is 18.2 Å². The molecule has 2 heterocycles. The maximum absolute atomic E-state index is 15.0. The van der Waals surface area contributed by atoms with Gasteiger partial charge in [0.25, 0.3) is 5.56 Å². The van der Waals surface area contributed by atoms with E-state index in [4.69, 9.17) is 4.74 Å². The molecule has 0 aliphatic carbocycles. The Hall–Kier alpha value is -4.57. The van der Waals surface area contributed by atoms with Crippen LogP contribution in [0.15, 0.2) is 58.3 Å². The van der Waals surface area contributed by atoms with E-state index in [2.05, 4.69) is 25.8 Å². The van der Waals surface area contributed by atoms with Gasteiger partial charge < -0.3 is 15.2 Å². The smallest absolute Gasteiger partial charge is 0.320 e. The first-order valence-corrected chi connectivity index (χ1v) is 12.1. The van der Waals surface area contributed by atoms with Crippen LogP contribution in [0.1, 0.15) is 29.3 Å². The summed E-state index contributed by atoms with van der Waals surface area (Å²) in [5.74, 6) is 0.573. The molecule has 4 N–H and O–H groups in total. The molecule has 5 rings (SSSR count). The molecule has 10 heteroatoms. The number of methoxy groups -OCH3 is 1. The van der Waals surface area contributed by atoms with Gasteiger partial charge in [0.1, 0.15) is 17.4 Å². The lowest BCUT2D eigenvalue weighted by atomic mass is 9.97. The van der Waals surface area contributed by atoms with Crippen molar-refractivity contribution in [3.63, 3.8) is 0 Å². The molecule has 2 amide bonds. The number of carbonyl (C=O) groups excluding carboxylic acids is 1. The highest BCUT2D eigenvalue weighted by molar-refractivity contribution is 6.02. The third-order valence-electron chi connectivity index (χ3n) is 6.40. The topological polar surface area (TPSA) is 129 Å². The molecule has 1 aromatic heterocycles. The van der Waals surface area contributed by atoms with Crippen LogP contribution in [-0.2, 0) is 19.4 Å². The summed E-state index contributed by atoms with van der Waals surface area (Å²) in [6.45, 7) is 2.10. The molecule has 194 valence electrons. The van der Waals surface area contributed by atoms with Crippen LogP contribution in [0.2, 0.25) is 0 Å². The van der Waals surface area contributed by atoms with Crippen molar-refractivity contribution in [2.45, 2.75) is 26.4 Å². The summed E-state index contributed by atoms with van der Waals surface area (Å²) in [6.07, 6.45) is 0.791. The Kier molecular flexibility index (Phi) is 6.89. The second kappa shape index (κ2) is 10.4. The summed E-state index contributed by atoms with van der Waals surface area (Å²) in [5, 5.41) is 22.6. The zero-order chi connectivity index (χ0) is 26.8. The first-order chi connectivity index (χ1) is 18.4. The Morgan fingerprint density at radius 2 is 2.00 bits per heavy atom. The number of urea groups is 1. The van der Waals surface area contributed by atoms with E-state index in [1.54, 1.807) is 30.3 Å². The largest absolute Gasteiger partial charge is 0.496 e. The highest BCUT2D eigenvalue weighted by atomic mass is 19.1. The van der Waals surface area contributed by atoms with E-state index in [0.29, 0.717) is 69.8 Å². The number of ether oxygens (including phenoxy) is 1. The van der Waals surface area contributed by atoms with Gasteiger partial charge >= 0.3 is 6.03 Å². The highest BCUT2D eigenvalue weighted by Crippen LogP contribution is 2.34. The Balaban J connectivity index is 1.49. The van der Waals surface area contributed by atoms with Gasteiger partial charge in [-0.05, 0) is 59.5 Å². The number of fused-ring (bicyclic) bond motifs is 2. The van der Waals surface area contributed by atoms with E-state index in [-0.39, 0.29) is 18.5 Å². The predicted octanol–water partition coefficient (Wildman–Crippen LogP) is 3.73. The molecule has 1 aliphatic rings. The molecular formula is C28H26FN5O4. The fourth-order valence-electron chi connectivity index (χ4n) is 4.62. The van der Waals surface area contributed by atoms with Crippen molar-refractivity contribution in [3.05, 3.63) is 87.1 Å². The average molecular weight is 516 g/mol. The molecule has 0 fully saturated rings. The molecule has 38 heavy (non-hydrogen) atoms. The maximum Gasteiger partial charge on any atom is 0.320 e. The van der Waals surface area contributed by atoms with Gasteiger partial charge in [-0.15, -0.1) is 0 Å². The van der Waals surface area contributed by atoms with Crippen LogP contribution >= 0.6 is 0 Å². The van der Waals surface area contributed by atoms with Crippen LogP contribution in [-0.4, -0.2) is 40.8 Å². The van der Waals surface area contributed by atoms with Crippen molar-refractivity contribution in [1.82, 2.24) is 20.8 Å². The summed E-state index contributed by atoms with van der Waals surface area (Å²) in [6, 6.07) is 13.3. The van der Waals surface area contributed by atoms with Crippen LogP contribution in [0, 0.1) is 5.82 Å². The number of aromatic nitrogens is 2. The molecule has 0 saturated heterocycles. The zero-order valence-electron chi connectivity index (χ0n) is 20.9. The summed E-state index contributed by atoms with van der Waals surface area (Å²) in [4.78, 5) is 28.8. The van der Waals surface area contributed by atoms with E-state index < -0.39 is 5.56 Å². The zero-order valence-corrected chi connectivity index (χ0v) is 20.9. The number of halogens is 1. The summed E-state index contributed by atoms with van der Waals surface area (Å²) >= 11 is 0. The standard InChI is InChI=1S/C28H26FN5O4/c1-3-30-28(37)32-25-13-18-6-5-17(12-22(18)31-25)19-8-15(4-7-21(19)29)10-23-26-20(27(36)34-33-23)9-16(14-35)11-24(26)38-2/h4-9,11-12,35H,3,10,13-14H2,1-2H3,(H,34,36)(H2,30,31,32,37). The number of H-pyrrole nitrogens is 1. The second-order valence-electron chi connectivity index (χ2n) is 8.93. The van der Waals surface area contributed by atoms with Crippen molar-refractivity contribution in [3.8, 4) is 16.9 Å². The van der Waals surface area contributed by atoms with Gasteiger partial charge in [-0.3, -0.25) is 10.1 Å². The number of hydrogen-bond acceptors (Lipinski definition) is 6. The monoisotopic (exact) mass is 515 g/mol. The fourth-order valence-corrected chi connectivity index (χ4v) is 4.62. The van der Waals surface area contributed by atoms with Crippen LogP contribution in [0.25, 0.3) is 21.9 Å². The molecule has 0 bridgehead atoms. The molecule has 9 nitrogen and oxygen atoms in total. The number of aromatic amines is 1. The quantitative estimate of drug-likeness (QED) is 0.311. The number of nitrogens with zero attached hydrogens (tertiary/aromatic N) is 2. The Morgan fingerprint density at radius 3 is 2.76 bits per heavy atom. The van der Waals surface area contributed by atoms with Crippen LogP contribution in [0.3, 0.4) is 0 Å². The first kappa shape index (κ1) is 25.1. The van der Waals surface area contributed by atoms with E-state index in [1.807, 2.05) is 19.1 Å². The number of aliphatic imine (C=N–C) groups is 1. The molecule has 4 aromatic rings. The number of rotatable bonds is 6. The Morgan fingerprint density at radius 1 is 1.16 bits per heavy atom. The van der Waals surface area contributed by atoms with Crippen LogP contribution in [0.4, 0.5) is 14.9 Å². The molecule has 0 atom stereocenters. The predicted molar refractivity (Wildman–Crippen MR) is 142 cm³/mol. The number of benzene rings is 3. The molecule has 0 radical (unpaired) electrons. The van der Waals surface area contributed by atoms with Crippen molar-refractivity contribution in [2.75, 3.05) is 13.7 Å². The van der Waals surface area contributed by atoms with Gasteiger partial charge in [0.2, 0.25) is 0 Å². The van der Waals surface area contributed by atoms with E-state index >= 15 is 0 Å². The average Bonchev–Trinajstić information content (AvgIpc) is 3.32. The lowest BCUT2D eigenvalue weighted by Crippen LogP contribution is -2.39. The minimum absolute atomic E-state index is 0.237. The maximum atomic E-state index is 15.0. The van der Waals surface area contributed by atoms with E-state index in [0.717, 1.165) is 11.1 Å². The molecule has 0 saturated carbocycles. The summed E-state index contributed by atoms with van der Waals surface area (Å²) < 4.78 is 20.5. The number of amidine groups is 1. The molecular weight excluding hydrogens is 489 g/mol. The van der Waals surface area contributed by atoms with Crippen molar-refractivity contribution >= 4 is 28.3 Å². The molecule has 3 aromatic carbocycles.